The van der Waals surface area contributed by atoms with Gasteiger partial charge in [-0.3, -0.25) is 0 Å². The molecule has 0 fully saturated rings. The van der Waals surface area contributed by atoms with Gasteiger partial charge in [-0.15, -0.1) is 0 Å². The molecule has 100 valence electrons. The minimum Gasteiger partial charge on any atom is -0.456 e. The van der Waals surface area contributed by atoms with Crippen LogP contribution in [0.5, 0.6) is 0 Å². The van der Waals surface area contributed by atoms with Crippen LogP contribution in [0.4, 0.5) is 5.69 Å². The van der Waals surface area contributed by atoms with Gasteiger partial charge in [-0.25, -0.2) is 13.2 Å². The molecule has 0 saturated carbocycles. The van der Waals surface area contributed by atoms with Crippen molar-refractivity contribution in [2.45, 2.75) is 31.3 Å². The molecule has 0 amide bonds. The Labute approximate surface area is 107 Å². The summed E-state index contributed by atoms with van der Waals surface area (Å²) in [5.41, 5.74) is 5.15. The molecule has 0 heterocycles. The molecule has 0 saturated heterocycles. The lowest BCUT2D eigenvalue weighted by Crippen LogP contribution is -2.25. The van der Waals surface area contributed by atoms with Crippen molar-refractivity contribution in [2.24, 2.45) is 0 Å². The van der Waals surface area contributed by atoms with E-state index in [1.807, 2.05) is 0 Å². The van der Waals surface area contributed by atoms with Gasteiger partial charge in [-0.1, -0.05) is 0 Å². The Bertz CT molecular complexity index is 570. The smallest absolute Gasteiger partial charge is 0.340 e. The second-order valence-corrected chi connectivity index (χ2v) is 7.01. The number of rotatable bonds is 2. The number of carbonyl (C=O) groups excluding carboxylic acids is 1. The molecule has 5 nitrogen and oxygen atoms in total. The van der Waals surface area contributed by atoms with Crippen molar-refractivity contribution in [1.82, 2.24) is 0 Å². The highest BCUT2D eigenvalue weighted by atomic mass is 32.2. The maximum atomic E-state index is 11.9. The molecule has 0 aromatic heterocycles. The Morgan fingerprint density at radius 2 is 1.83 bits per heavy atom. The zero-order valence-corrected chi connectivity index (χ0v) is 11.7. The number of ether oxygens (including phenoxy) is 1. The van der Waals surface area contributed by atoms with Crippen LogP contribution in [0, 0.1) is 0 Å². The molecule has 0 spiro atoms. The van der Waals surface area contributed by atoms with Gasteiger partial charge < -0.3 is 10.5 Å². The number of anilines is 1. The summed E-state index contributed by atoms with van der Waals surface area (Å²) in [6.45, 7) is 5.12. The maximum absolute atomic E-state index is 11.9. The third kappa shape index (κ3) is 3.73. The number of nitrogens with two attached hydrogens (primary N) is 1. The van der Waals surface area contributed by atoms with Crippen molar-refractivity contribution >= 4 is 21.5 Å². The summed E-state index contributed by atoms with van der Waals surface area (Å²) in [5.74, 6) is -0.699. The number of hydrogen-bond acceptors (Lipinski definition) is 5. The lowest BCUT2D eigenvalue weighted by Gasteiger charge is -2.20. The molecule has 6 heteroatoms. The lowest BCUT2D eigenvalue weighted by molar-refractivity contribution is 0.00652. The summed E-state index contributed by atoms with van der Waals surface area (Å²) in [6, 6.07) is 4.05. The number of carbonyl (C=O) groups is 1. The fraction of sp³-hybridized carbons (Fsp3) is 0.417. The van der Waals surface area contributed by atoms with Crippen LogP contribution < -0.4 is 5.73 Å². The van der Waals surface area contributed by atoms with Crippen molar-refractivity contribution in [3.8, 4) is 0 Å². The predicted molar refractivity (Wildman–Crippen MR) is 69.1 cm³/mol. The first-order chi connectivity index (χ1) is 8.00. The van der Waals surface area contributed by atoms with Crippen molar-refractivity contribution in [2.75, 3.05) is 12.0 Å². The van der Waals surface area contributed by atoms with Crippen molar-refractivity contribution < 1.29 is 17.9 Å². The van der Waals surface area contributed by atoms with Crippen LogP contribution in [0.25, 0.3) is 0 Å². The standard InChI is InChI=1S/C12H17NO4S/c1-12(2,3)17-11(14)9-7-8(13)5-6-10(9)18(4,15)16/h5-7H,13H2,1-4H3. The summed E-state index contributed by atoms with van der Waals surface area (Å²) in [6.07, 6.45) is 1.03. The van der Waals surface area contributed by atoms with Crippen LogP contribution in [0.15, 0.2) is 23.1 Å². The number of sulfone groups is 1. The van der Waals surface area contributed by atoms with E-state index >= 15 is 0 Å². The summed E-state index contributed by atoms with van der Waals surface area (Å²) in [5, 5.41) is 0. The largest absolute Gasteiger partial charge is 0.456 e. The number of esters is 1. The molecule has 0 aliphatic carbocycles. The topological polar surface area (TPSA) is 86.5 Å². The van der Waals surface area contributed by atoms with Crippen LogP contribution in [-0.4, -0.2) is 26.2 Å². The molecule has 1 aromatic rings. The van der Waals surface area contributed by atoms with Crippen LogP contribution in [0.1, 0.15) is 31.1 Å². The van der Waals surface area contributed by atoms with Gasteiger partial charge in [0.05, 0.1) is 10.5 Å². The highest BCUT2D eigenvalue weighted by Crippen LogP contribution is 2.22. The van der Waals surface area contributed by atoms with Crippen molar-refractivity contribution in [3.05, 3.63) is 23.8 Å². The molecule has 0 aliphatic rings. The first-order valence-electron chi connectivity index (χ1n) is 5.33. The van der Waals surface area contributed by atoms with Crippen molar-refractivity contribution in [1.29, 1.82) is 0 Å². The molecule has 0 unspecified atom stereocenters. The van der Waals surface area contributed by atoms with E-state index in [2.05, 4.69) is 0 Å². The molecule has 18 heavy (non-hydrogen) atoms. The molecule has 1 aromatic carbocycles. The maximum Gasteiger partial charge on any atom is 0.340 e. The molecular weight excluding hydrogens is 254 g/mol. The summed E-state index contributed by atoms with van der Waals surface area (Å²) in [7, 11) is -3.51. The Balaban J connectivity index is 3.31. The van der Waals surface area contributed by atoms with Crippen LogP contribution in [0.3, 0.4) is 0 Å². The SMILES string of the molecule is CC(C)(C)OC(=O)c1cc(N)ccc1S(C)(=O)=O. The average molecular weight is 271 g/mol. The third-order valence-corrected chi connectivity index (χ3v) is 3.18. The number of hydrogen-bond donors (Lipinski definition) is 1. The van der Waals surface area contributed by atoms with Crippen LogP contribution >= 0.6 is 0 Å². The summed E-state index contributed by atoms with van der Waals surface area (Å²) >= 11 is 0. The van der Waals surface area contributed by atoms with Gasteiger partial charge in [0.2, 0.25) is 0 Å². The molecule has 0 aliphatic heterocycles. The van der Waals surface area contributed by atoms with Crippen LogP contribution in [0.2, 0.25) is 0 Å². The number of nitrogen functional groups attached to an aromatic ring is 1. The summed E-state index contributed by atoms with van der Waals surface area (Å²) in [4.78, 5) is 11.9. The quantitative estimate of drug-likeness (QED) is 0.652. The van der Waals surface area contributed by atoms with E-state index in [0.717, 1.165) is 6.26 Å². The van der Waals surface area contributed by atoms with Gasteiger partial charge in [0.15, 0.2) is 9.84 Å². The van der Waals surface area contributed by atoms with Gasteiger partial charge in [0, 0.05) is 11.9 Å². The minimum atomic E-state index is -3.51. The monoisotopic (exact) mass is 271 g/mol. The summed E-state index contributed by atoms with van der Waals surface area (Å²) < 4.78 is 28.3. The van der Waals surface area contributed by atoms with Gasteiger partial charge in [0.1, 0.15) is 5.60 Å². The van der Waals surface area contributed by atoms with Crippen LogP contribution in [-0.2, 0) is 14.6 Å². The Kier molecular flexibility index (Phi) is 3.71. The second-order valence-electron chi connectivity index (χ2n) is 5.03. The third-order valence-electron chi connectivity index (χ3n) is 2.02. The molecule has 1 rings (SSSR count). The van der Waals surface area contributed by atoms with E-state index < -0.39 is 21.4 Å². The Morgan fingerprint density at radius 1 is 1.28 bits per heavy atom. The van der Waals surface area contributed by atoms with Gasteiger partial charge in [0.25, 0.3) is 0 Å². The predicted octanol–water partition coefficient (Wildman–Crippen LogP) is 1.63. The molecule has 0 bridgehead atoms. The average Bonchev–Trinajstić information content (AvgIpc) is 2.12. The fourth-order valence-corrected chi connectivity index (χ4v) is 2.22. The van der Waals surface area contributed by atoms with E-state index in [1.54, 1.807) is 20.8 Å². The van der Waals surface area contributed by atoms with E-state index in [9.17, 15) is 13.2 Å². The van der Waals surface area contributed by atoms with Gasteiger partial charge >= 0.3 is 5.97 Å². The highest BCUT2D eigenvalue weighted by Gasteiger charge is 2.24. The minimum absolute atomic E-state index is 0.0348. The van der Waals surface area contributed by atoms with Gasteiger partial charge in [-0.05, 0) is 39.0 Å². The first kappa shape index (κ1) is 14.5. The zero-order chi connectivity index (χ0) is 14.1. The molecule has 2 N–H and O–H groups in total. The van der Waals surface area contributed by atoms with E-state index in [4.69, 9.17) is 10.5 Å². The first-order valence-corrected chi connectivity index (χ1v) is 7.23. The Morgan fingerprint density at radius 3 is 2.28 bits per heavy atom. The van der Waals surface area contributed by atoms with E-state index in [1.165, 1.54) is 18.2 Å². The molecule has 0 atom stereocenters. The van der Waals surface area contributed by atoms with E-state index in [-0.39, 0.29) is 10.5 Å². The molecular formula is C12H17NO4S. The highest BCUT2D eigenvalue weighted by molar-refractivity contribution is 7.90. The molecule has 0 radical (unpaired) electrons. The van der Waals surface area contributed by atoms with Gasteiger partial charge in [-0.2, -0.15) is 0 Å². The zero-order valence-electron chi connectivity index (χ0n) is 10.9. The lowest BCUT2D eigenvalue weighted by atomic mass is 10.1. The normalized spacial score (nSPS) is 12.2. The second kappa shape index (κ2) is 4.61. The van der Waals surface area contributed by atoms with Crippen molar-refractivity contribution in [3.63, 3.8) is 0 Å². The van der Waals surface area contributed by atoms with E-state index in [0.29, 0.717) is 5.69 Å². The Hall–Kier alpha value is -1.56. The fourth-order valence-electron chi connectivity index (χ4n) is 1.36. The number of benzene rings is 1.